The maximum absolute atomic E-state index is 11.7. The molecular weight excluding hydrogens is 204 g/mol. The van der Waals surface area contributed by atoms with Gasteiger partial charge in [0.1, 0.15) is 11.2 Å². The summed E-state index contributed by atoms with van der Waals surface area (Å²) in [6, 6.07) is 0. The van der Waals surface area contributed by atoms with Gasteiger partial charge in [0.2, 0.25) is 0 Å². The molecule has 2 saturated carbocycles. The third-order valence-electron chi connectivity index (χ3n) is 4.41. The molecule has 0 N–H and O–H groups in total. The summed E-state index contributed by atoms with van der Waals surface area (Å²) in [5.41, 5.74) is 0.0432. The Bertz CT molecular complexity index is 362. The molecule has 0 radical (unpaired) electrons. The van der Waals surface area contributed by atoms with E-state index in [2.05, 4.69) is 6.58 Å². The van der Waals surface area contributed by atoms with E-state index in [9.17, 15) is 4.79 Å². The Balaban J connectivity index is 1.85. The maximum Gasteiger partial charge on any atom is 0.333 e. The molecule has 2 aliphatic carbocycles. The molecule has 16 heavy (non-hydrogen) atoms. The predicted octanol–water partition coefficient (Wildman–Crippen LogP) is 2.35. The van der Waals surface area contributed by atoms with Gasteiger partial charge in [-0.05, 0) is 39.0 Å². The number of hydrogen-bond acceptors (Lipinski definition) is 3. The van der Waals surface area contributed by atoms with Crippen LogP contribution in [0.2, 0.25) is 0 Å². The average molecular weight is 222 g/mol. The van der Waals surface area contributed by atoms with Crippen molar-refractivity contribution in [3.63, 3.8) is 0 Å². The first-order chi connectivity index (χ1) is 7.60. The number of esters is 1. The largest absolute Gasteiger partial charge is 0.453 e. The van der Waals surface area contributed by atoms with Crippen LogP contribution < -0.4 is 0 Å². The van der Waals surface area contributed by atoms with Crippen LogP contribution in [0.1, 0.15) is 45.4 Å². The molecule has 0 aromatic rings. The minimum absolute atomic E-state index is 0.115. The highest BCUT2D eigenvalue weighted by Crippen LogP contribution is 2.64. The van der Waals surface area contributed by atoms with E-state index in [1.165, 1.54) is 6.42 Å². The summed E-state index contributed by atoms with van der Waals surface area (Å²) in [5, 5.41) is 0. The maximum atomic E-state index is 11.7. The number of rotatable bonds is 2. The molecule has 1 spiro atoms. The van der Waals surface area contributed by atoms with Crippen LogP contribution in [-0.4, -0.2) is 23.3 Å². The second kappa shape index (κ2) is 3.10. The first kappa shape index (κ1) is 10.3. The van der Waals surface area contributed by atoms with Crippen LogP contribution in [0.3, 0.4) is 0 Å². The van der Waals surface area contributed by atoms with E-state index in [4.69, 9.17) is 9.47 Å². The van der Waals surface area contributed by atoms with Gasteiger partial charge in [0.25, 0.3) is 0 Å². The van der Waals surface area contributed by atoms with Gasteiger partial charge in [0, 0.05) is 5.57 Å². The Kier molecular flexibility index (Phi) is 2.00. The number of carbonyl (C=O) groups excluding carboxylic acids is 1. The number of carbonyl (C=O) groups is 1. The summed E-state index contributed by atoms with van der Waals surface area (Å²) in [5.74, 6) is -0.252. The van der Waals surface area contributed by atoms with Gasteiger partial charge in [-0.1, -0.05) is 13.0 Å². The van der Waals surface area contributed by atoms with Crippen molar-refractivity contribution >= 4 is 5.97 Å². The zero-order valence-electron chi connectivity index (χ0n) is 9.75. The predicted molar refractivity (Wildman–Crippen MR) is 58.9 cm³/mol. The van der Waals surface area contributed by atoms with Crippen molar-refractivity contribution in [3.8, 4) is 0 Å². The van der Waals surface area contributed by atoms with Gasteiger partial charge in [-0.2, -0.15) is 0 Å². The van der Waals surface area contributed by atoms with E-state index in [0.717, 1.165) is 32.1 Å². The molecule has 3 fully saturated rings. The molecule has 0 aromatic carbocycles. The molecule has 0 bridgehead atoms. The molecular formula is C13H18O3. The van der Waals surface area contributed by atoms with Crippen molar-refractivity contribution in [1.82, 2.24) is 0 Å². The zero-order valence-corrected chi connectivity index (χ0v) is 9.75. The fourth-order valence-corrected chi connectivity index (χ4v) is 3.52. The summed E-state index contributed by atoms with van der Waals surface area (Å²) >= 11 is 0. The monoisotopic (exact) mass is 222 g/mol. The topological polar surface area (TPSA) is 38.8 Å². The molecule has 3 atom stereocenters. The van der Waals surface area contributed by atoms with Gasteiger partial charge in [-0.15, -0.1) is 0 Å². The van der Waals surface area contributed by atoms with Crippen LogP contribution in [0.5, 0.6) is 0 Å². The number of ether oxygens (including phenoxy) is 2. The standard InChI is InChI=1S/C13H18O3/c1-9(2)11(14)16-12-6-3-4-7-13(12)10(15-13)5-8-12/h10H,1,3-8H2,2H3. The highest BCUT2D eigenvalue weighted by molar-refractivity contribution is 5.87. The first-order valence-electron chi connectivity index (χ1n) is 6.16. The molecule has 3 unspecified atom stereocenters. The minimum Gasteiger partial charge on any atom is -0.453 e. The summed E-state index contributed by atoms with van der Waals surface area (Å²) in [6.07, 6.45) is 6.72. The van der Waals surface area contributed by atoms with Crippen molar-refractivity contribution in [2.45, 2.75) is 62.8 Å². The zero-order chi connectivity index (χ0) is 11.4. The van der Waals surface area contributed by atoms with Gasteiger partial charge in [0.15, 0.2) is 0 Å². The molecule has 3 nitrogen and oxygen atoms in total. The Morgan fingerprint density at radius 3 is 2.81 bits per heavy atom. The van der Waals surface area contributed by atoms with Gasteiger partial charge in [-0.25, -0.2) is 4.79 Å². The molecule has 88 valence electrons. The smallest absolute Gasteiger partial charge is 0.333 e. The van der Waals surface area contributed by atoms with E-state index >= 15 is 0 Å². The molecule has 3 heteroatoms. The second-order valence-electron chi connectivity index (χ2n) is 5.41. The Morgan fingerprint density at radius 2 is 2.12 bits per heavy atom. The van der Waals surface area contributed by atoms with Crippen molar-refractivity contribution in [1.29, 1.82) is 0 Å². The highest BCUT2D eigenvalue weighted by atomic mass is 16.7. The fourth-order valence-electron chi connectivity index (χ4n) is 3.52. The molecule has 3 aliphatic rings. The molecule has 1 aliphatic heterocycles. The Hall–Kier alpha value is -0.830. The molecule has 1 heterocycles. The molecule has 0 aromatic heterocycles. The van der Waals surface area contributed by atoms with E-state index in [0.29, 0.717) is 11.7 Å². The highest BCUT2D eigenvalue weighted by Gasteiger charge is 2.75. The van der Waals surface area contributed by atoms with E-state index in [1.807, 2.05) is 0 Å². The van der Waals surface area contributed by atoms with E-state index < -0.39 is 0 Å². The fraction of sp³-hybridized carbons (Fsp3) is 0.769. The quantitative estimate of drug-likeness (QED) is 0.409. The summed E-state index contributed by atoms with van der Waals surface area (Å²) in [4.78, 5) is 11.7. The lowest BCUT2D eigenvalue weighted by molar-refractivity contribution is -0.168. The first-order valence-corrected chi connectivity index (χ1v) is 6.16. The average Bonchev–Trinajstić information content (AvgIpc) is 2.87. The minimum atomic E-state index is -0.327. The lowest BCUT2D eigenvalue weighted by Gasteiger charge is -2.39. The third-order valence-corrected chi connectivity index (χ3v) is 4.41. The van der Waals surface area contributed by atoms with Crippen LogP contribution in [-0.2, 0) is 14.3 Å². The van der Waals surface area contributed by atoms with Gasteiger partial charge in [0.05, 0.1) is 6.10 Å². The van der Waals surface area contributed by atoms with Crippen molar-refractivity contribution < 1.29 is 14.3 Å². The lowest BCUT2D eigenvalue weighted by Crippen LogP contribution is -2.49. The van der Waals surface area contributed by atoms with Crippen LogP contribution in [0.15, 0.2) is 12.2 Å². The van der Waals surface area contributed by atoms with Crippen LogP contribution in [0.4, 0.5) is 0 Å². The lowest BCUT2D eigenvalue weighted by atomic mass is 9.76. The normalized spacial score (nSPS) is 44.4. The SMILES string of the molecule is C=C(C)C(=O)OC12CCCCC13OC3CC2. The van der Waals surface area contributed by atoms with Gasteiger partial charge >= 0.3 is 5.97 Å². The van der Waals surface area contributed by atoms with E-state index in [1.54, 1.807) is 6.92 Å². The summed E-state index contributed by atoms with van der Waals surface area (Å²) in [7, 11) is 0. The molecule has 0 amide bonds. The summed E-state index contributed by atoms with van der Waals surface area (Å²) in [6.45, 7) is 5.36. The van der Waals surface area contributed by atoms with Gasteiger partial charge < -0.3 is 9.47 Å². The summed E-state index contributed by atoms with van der Waals surface area (Å²) < 4.78 is 11.6. The Labute approximate surface area is 95.8 Å². The van der Waals surface area contributed by atoms with Crippen molar-refractivity contribution in [3.05, 3.63) is 12.2 Å². The van der Waals surface area contributed by atoms with Crippen LogP contribution >= 0.6 is 0 Å². The second-order valence-corrected chi connectivity index (χ2v) is 5.41. The van der Waals surface area contributed by atoms with Crippen molar-refractivity contribution in [2.75, 3.05) is 0 Å². The van der Waals surface area contributed by atoms with E-state index in [-0.39, 0.29) is 17.2 Å². The number of hydrogen-bond donors (Lipinski definition) is 0. The van der Waals surface area contributed by atoms with Crippen LogP contribution in [0, 0.1) is 0 Å². The van der Waals surface area contributed by atoms with Crippen molar-refractivity contribution in [2.24, 2.45) is 0 Å². The van der Waals surface area contributed by atoms with Crippen LogP contribution in [0.25, 0.3) is 0 Å². The third kappa shape index (κ3) is 1.15. The van der Waals surface area contributed by atoms with Gasteiger partial charge in [-0.3, -0.25) is 0 Å². The Morgan fingerprint density at radius 1 is 1.38 bits per heavy atom. The molecule has 3 rings (SSSR count). The molecule has 1 saturated heterocycles. The number of epoxide rings is 1.